The Hall–Kier alpha value is -3.35. The van der Waals surface area contributed by atoms with Gasteiger partial charge in [0, 0.05) is 5.69 Å². The summed E-state index contributed by atoms with van der Waals surface area (Å²) in [4.78, 5) is 26.1. The van der Waals surface area contributed by atoms with Crippen LogP contribution in [0, 0.1) is 5.82 Å². The Morgan fingerprint density at radius 1 is 1.07 bits per heavy atom. The van der Waals surface area contributed by atoms with E-state index in [1.165, 1.54) is 50.3 Å². The van der Waals surface area contributed by atoms with E-state index in [4.69, 9.17) is 9.47 Å². The summed E-state index contributed by atoms with van der Waals surface area (Å²) in [6, 6.07) is 9.32. The van der Waals surface area contributed by atoms with Gasteiger partial charge in [-0.25, -0.2) is 4.39 Å². The van der Waals surface area contributed by atoms with Gasteiger partial charge in [-0.2, -0.15) is 0 Å². The number of rotatable bonds is 5. The van der Waals surface area contributed by atoms with Crippen molar-refractivity contribution >= 4 is 17.4 Å². The van der Waals surface area contributed by atoms with Crippen LogP contribution >= 0.6 is 0 Å². The Balaban J connectivity index is 2.18. The van der Waals surface area contributed by atoms with Gasteiger partial charge >= 0.3 is 0 Å². The van der Waals surface area contributed by atoms with E-state index >= 15 is 0 Å². The van der Waals surface area contributed by atoms with E-state index in [0.717, 1.165) is 0 Å². The zero-order valence-electron chi connectivity index (χ0n) is 15.0. The van der Waals surface area contributed by atoms with Gasteiger partial charge in [0.25, 0.3) is 5.91 Å². The van der Waals surface area contributed by atoms with Gasteiger partial charge in [-0.1, -0.05) is 6.07 Å². The van der Waals surface area contributed by atoms with Crippen LogP contribution in [0.25, 0.3) is 0 Å². The van der Waals surface area contributed by atoms with Crippen LogP contribution in [0.4, 0.5) is 10.1 Å². The minimum atomic E-state index is -0.875. The second-order valence-electron chi connectivity index (χ2n) is 5.99. The summed E-state index contributed by atoms with van der Waals surface area (Å²) < 4.78 is 23.8. The fraction of sp³-hybridized carbons (Fsp3) is 0.200. The van der Waals surface area contributed by atoms with Gasteiger partial charge in [0.2, 0.25) is 0 Å². The molecule has 140 valence electrons. The third kappa shape index (κ3) is 3.12. The van der Waals surface area contributed by atoms with Crippen LogP contribution in [0.2, 0.25) is 0 Å². The van der Waals surface area contributed by atoms with Crippen LogP contribution in [-0.4, -0.2) is 31.0 Å². The molecule has 1 aliphatic rings. The molecule has 0 unspecified atom stereocenters. The van der Waals surface area contributed by atoms with Crippen LogP contribution in [0.5, 0.6) is 11.5 Å². The molecule has 6 nitrogen and oxygen atoms in total. The van der Waals surface area contributed by atoms with Crippen molar-refractivity contribution < 1.29 is 28.6 Å². The number of hydrogen-bond acceptors (Lipinski definition) is 5. The van der Waals surface area contributed by atoms with Crippen LogP contribution in [0.1, 0.15) is 18.5 Å². The van der Waals surface area contributed by atoms with Crippen molar-refractivity contribution in [3.05, 3.63) is 65.2 Å². The number of ether oxygens (including phenoxy) is 2. The molecule has 0 aliphatic carbocycles. The first-order valence-corrected chi connectivity index (χ1v) is 8.14. The van der Waals surface area contributed by atoms with E-state index in [9.17, 15) is 19.1 Å². The van der Waals surface area contributed by atoms with Crippen molar-refractivity contribution in [2.45, 2.75) is 13.0 Å². The molecule has 3 rings (SSSR count). The van der Waals surface area contributed by atoms with Crippen LogP contribution < -0.4 is 14.4 Å². The molecule has 1 amide bonds. The molecular formula is C20H18FNO5. The van der Waals surface area contributed by atoms with E-state index in [1.807, 2.05) is 0 Å². The molecule has 2 aromatic carbocycles. The first kappa shape index (κ1) is 18.4. The fourth-order valence-electron chi connectivity index (χ4n) is 3.17. The van der Waals surface area contributed by atoms with Crippen molar-refractivity contribution in [1.29, 1.82) is 0 Å². The number of benzene rings is 2. The number of nitrogens with zero attached hydrogens (tertiary/aromatic N) is 1. The predicted molar refractivity (Wildman–Crippen MR) is 96.5 cm³/mol. The second-order valence-corrected chi connectivity index (χ2v) is 5.99. The highest BCUT2D eigenvalue weighted by molar-refractivity contribution is 6.16. The first-order chi connectivity index (χ1) is 12.9. The molecule has 0 bridgehead atoms. The molecule has 0 fully saturated rings. The number of carbonyl (C=O) groups is 2. The third-order valence-corrected chi connectivity index (χ3v) is 4.42. The molecule has 1 aliphatic heterocycles. The van der Waals surface area contributed by atoms with Gasteiger partial charge in [-0.05, 0) is 48.9 Å². The maximum absolute atomic E-state index is 13.3. The molecule has 1 N–H and O–H groups in total. The lowest BCUT2D eigenvalue weighted by molar-refractivity contribution is -0.117. The van der Waals surface area contributed by atoms with Crippen LogP contribution in [0.3, 0.4) is 0 Å². The SMILES string of the molecule is COc1ccc([C@H]2C(C(C)=O)=C(O)C(=O)N2c2ccc(F)cc2)cc1OC. The zero-order valence-corrected chi connectivity index (χ0v) is 15.0. The van der Waals surface area contributed by atoms with Crippen molar-refractivity contribution in [2.75, 3.05) is 19.1 Å². The standard InChI is InChI=1S/C20H18FNO5/c1-11(23)17-18(12-4-9-15(26-2)16(10-12)27-3)22(20(25)19(17)24)14-7-5-13(21)6-8-14/h4-10,18,24H,1-3H3/t18-/m0/s1. The molecule has 1 heterocycles. The number of carbonyl (C=O) groups excluding carboxylic acids is 2. The van der Waals surface area contributed by atoms with E-state index in [2.05, 4.69) is 0 Å². The number of ketones is 1. The number of halogens is 1. The maximum atomic E-state index is 13.3. The van der Waals surface area contributed by atoms with E-state index in [0.29, 0.717) is 22.7 Å². The van der Waals surface area contributed by atoms with E-state index in [-0.39, 0.29) is 5.57 Å². The summed E-state index contributed by atoms with van der Waals surface area (Å²) in [5, 5.41) is 10.3. The molecule has 0 saturated carbocycles. The second kappa shape index (κ2) is 7.11. The monoisotopic (exact) mass is 371 g/mol. The fourth-order valence-corrected chi connectivity index (χ4v) is 3.17. The number of aliphatic hydroxyl groups is 1. The van der Waals surface area contributed by atoms with Crippen molar-refractivity contribution in [1.82, 2.24) is 0 Å². The summed E-state index contributed by atoms with van der Waals surface area (Å²) in [7, 11) is 2.96. The topological polar surface area (TPSA) is 76.1 Å². The number of Topliss-reactive ketones (excluding diaryl/α,β-unsaturated/α-hetero) is 1. The lowest BCUT2D eigenvalue weighted by atomic mass is 9.96. The quantitative estimate of drug-likeness (QED) is 0.872. The Labute approximate surface area is 155 Å². The minimum absolute atomic E-state index is 0.0310. The summed E-state index contributed by atoms with van der Waals surface area (Å²) in [5.74, 6) is -1.35. The molecule has 0 saturated heterocycles. The van der Waals surface area contributed by atoms with Gasteiger partial charge < -0.3 is 14.6 Å². The molecule has 0 radical (unpaired) electrons. The van der Waals surface area contributed by atoms with Crippen molar-refractivity contribution in [3.8, 4) is 11.5 Å². The molecule has 1 atom stereocenters. The molecule has 2 aromatic rings. The van der Waals surface area contributed by atoms with E-state index < -0.39 is 29.3 Å². The third-order valence-electron chi connectivity index (χ3n) is 4.42. The van der Waals surface area contributed by atoms with Crippen LogP contribution in [0.15, 0.2) is 53.8 Å². The van der Waals surface area contributed by atoms with Crippen molar-refractivity contribution in [2.24, 2.45) is 0 Å². The normalized spacial score (nSPS) is 16.7. The first-order valence-electron chi connectivity index (χ1n) is 8.14. The van der Waals surface area contributed by atoms with Crippen molar-refractivity contribution in [3.63, 3.8) is 0 Å². The largest absolute Gasteiger partial charge is 0.503 e. The molecule has 27 heavy (non-hydrogen) atoms. The van der Waals surface area contributed by atoms with Crippen LogP contribution in [-0.2, 0) is 9.59 Å². The zero-order chi connectivity index (χ0) is 19.7. The van der Waals surface area contributed by atoms with Gasteiger partial charge in [0.05, 0.1) is 25.8 Å². The Morgan fingerprint density at radius 3 is 2.26 bits per heavy atom. The molecule has 0 aromatic heterocycles. The minimum Gasteiger partial charge on any atom is -0.503 e. The molecular weight excluding hydrogens is 353 g/mol. The average molecular weight is 371 g/mol. The van der Waals surface area contributed by atoms with E-state index in [1.54, 1.807) is 18.2 Å². The van der Waals surface area contributed by atoms with Gasteiger partial charge in [0.1, 0.15) is 5.82 Å². The Bertz CT molecular complexity index is 936. The highest BCUT2D eigenvalue weighted by Gasteiger charge is 2.43. The predicted octanol–water partition coefficient (Wildman–Crippen LogP) is 3.33. The number of amides is 1. The highest BCUT2D eigenvalue weighted by Crippen LogP contribution is 2.43. The lowest BCUT2D eigenvalue weighted by Gasteiger charge is -2.27. The summed E-state index contributed by atoms with van der Waals surface area (Å²) >= 11 is 0. The summed E-state index contributed by atoms with van der Waals surface area (Å²) in [6.45, 7) is 1.28. The Kier molecular flexibility index (Phi) is 4.85. The summed E-state index contributed by atoms with van der Waals surface area (Å²) in [6.07, 6.45) is 0. The van der Waals surface area contributed by atoms with Gasteiger partial charge in [0.15, 0.2) is 23.0 Å². The summed E-state index contributed by atoms with van der Waals surface area (Å²) in [5.41, 5.74) is 0.861. The Morgan fingerprint density at radius 2 is 1.70 bits per heavy atom. The number of methoxy groups -OCH3 is 2. The van der Waals surface area contributed by atoms with Gasteiger partial charge in [-0.15, -0.1) is 0 Å². The molecule has 0 spiro atoms. The number of anilines is 1. The smallest absolute Gasteiger partial charge is 0.294 e. The maximum Gasteiger partial charge on any atom is 0.294 e. The van der Waals surface area contributed by atoms with Gasteiger partial charge in [-0.3, -0.25) is 14.5 Å². The molecule has 7 heteroatoms. The highest BCUT2D eigenvalue weighted by atomic mass is 19.1. The lowest BCUT2D eigenvalue weighted by Crippen LogP contribution is -2.30. The average Bonchev–Trinajstić information content (AvgIpc) is 2.93. The number of hydrogen-bond donors (Lipinski definition) is 1. The number of aliphatic hydroxyl groups excluding tert-OH is 1.